The summed E-state index contributed by atoms with van der Waals surface area (Å²) in [6, 6.07) is 23.1. The van der Waals surface area contributed by atoms with Crippen LogP contribution in [0.5, 0.6) is 0 Å². The van der Waals surface area contributed by atoms with Crippen LogP contribution in [0, 0.1) is 11.8 Å². The molecule has 154 valence electrons. The van der Waals surface area contributed by atoms with Gasteiger partial charge >= 0.3 is 6.09 Å². The Kier molecular flexibility index (Phi) is 5.97. The average Bonchev–Trinajstić information content (AvgIpc) is 3.14. The Hall–Kier alpha value is -4.08. The van der Waals surface area contributed by atoms with Crippen molar-refractivity contribution in [3.8, 4) is 23.0 Å². The van der Waals surface area contributed by atoms with E-state index in [0.717, 1.165) is 5.56 Å². The maximum atomic E-state index is 12.1. The molecule has 31 heavy (non-hydrogen) atoms. The van der Waals surface area contributed by atoms with Crippen molar-refractivity contribution in [2.75, 3.05) is 13.2 Å². The van der Waals surface area contributed by atoms with E-state index in [4.69, 9.17) is 10.6 Å². The molecule has 6 nitrogen and oxygen atoms in total. The molecule has 0 saturated carbocycles. The minimum atomic E-state index is -0.508. The van der Waals surface area contributed by atoms with Crippen LogP contribution in [0.2, 0.25) is 0 Å². The Labute approximate surface area is 180 Å². The summed E-state index contributed by atoms with van der Waals surface area (Å²) >= 11 is 0. The van der Waals surface area contributed by atoms with E-state index in [9.17, 15) is 9.59 Å². The van der Waals surface area contributed by atoms with E-state index < -0.39 is 6.09 Å². The van der Waals surface area contributed by atoms with Crippen LogP contribution in [0.3, 0.4) is 0 Å². The molecule has 0 heterocycles. The lowest BCUT2D eigenvalue weighted by Crippen LogP contribution is -2.29. The Morgan fingerprint density at radius 1 is 0.903 bits per heavy atom. The monoisotopic (exact) mass is 411 g/mol. The third kappa shape index (κ3) is 4.42. The average molecular weight is 411 g/mol. The number of alkyl carbamates (subject to hydrolysis) is 1. The second-order valence-corrected chi connectivity index (χ2v) is 7.03. The van der Waals surface area contributed by atoms with Crippen molar-refractivity contribution < 1.29 is 14.3 Å². The highest BCUT2D eigenvalue weighted by molar-refractivity contribution is 5.93. The first-order valence-corrected chi connectivity index (χ1v) is 9.86. The SMILES string of the molecule is NNC(=O)c1ccc(C#CCNC(=O)OCC2c3ccccc3-c3ccccc32)cc1. The third-order valence-corrected chi connectivity index (χ3v) is 5.18. The van der Waals surface area contributed by atoms with E-state index in [0.29, 0.717) is 5.56 Å². The summed E-state index contributed by atoms with van der Waals surface area (Å²) in [7, 11) is 0. The zero-order valence-electron chi connectivity index (χ0n) is 16.7. The molecule has 0 saturated heterocycles. The smallest absolute Gasteiger partial charge is 0.407 e. The number of amides is 2. The van der Waals surface area contributed by atoms with Gasteiger partial charge in [0.05, 0.1) is 6.54 Å². The van der Waals surface area contributed by atoms with Crippen LogP contribution in [-0.2, 0) is 4.74 Å². The lowest BCUT2D eigenvalue weighted by molar-refractivity contribution is 0.0953. The molecule has 6 heteroatoms. The molecule has 0 aromatic heterocycles. The van der Waals surface area contributed by atoms with Gasteiger partial charge in [-0.1, -0.05) is 60.4 Å². The fourth-order valence-corrected chi connectivity index (χ4v) is 3.70. The number of hydrazine groups is 1. The third-order valence-electron chi connectivity index (χ3n) is 5.18. The van der Waals surface area contributed by atoms with Crippen LogP contribution in [0.1, 0.15) is 33.0 Å². The van der Waals surface area contributed by atoms with Gasteiger partial charge < -0.3 is 10.1 Å². The van der Waals surface area contributed by atoms with Gasteiger partial charge in [0.1, 0.15) is 6.61 Å². The fraction of sp³-hybridized carbons (Fsp3) is 0.120. The van der Waals surface area contributed by atoms with Crippen molar-refractivity contribution in [2.45, 2.75) is 5.92 Å². The number of carbonyl (C=O) groups excluding carboxylic acids is 2. The van der Waals surface area contributed by atoms with E-state index in [-0.39, 0.29) is 25.0 Å². The predicted molar refractivity (Wildman–Crippen MR) is 118 cm³/mol. The Balaban J connectivity index is 1.31. The molecule has 0 fully saturated rings. The van der Waals surface area contributed by atoms with Gasteiger partial charge in [0, 0.05) is 17.0 Å². The van der Waals surface area contributed by atoms with Gasteiger partial charge in [-0.15, -0.1) is 0 Å². The summed E-state index contributed by atoms with van der Waals surface area (Å²) in [5, 5.41) is 2.65. The second-order valence-electron chi connectivity index (χ2n) is 7.03. The number of rotatable bonds is 4. The number of nitrogens with one attached hydrogen (secondary N) is 2. The minimum absolute atomic E-state index is 0.0217. The molecule has 3 aromatic rings. The number of fused-ring (bicyclic) bond motifs is 3. The van der Waals surface area contributed by atoms with Crippen molar-refractivity contribution in [3.05, 3.63) is 95.1 Å². The second kappa shape index (κ2) is 9.16. The van der Waals surface area contributed by atoms with Crippen molar-refractivity contribution in [3.63, 3.8) is 0 Å². The first-order chi connectivity index (χ1) is 15.2. The summed E-state index contributed by atoms with van der Waals surface area (Å²) in [5.74, 6) is 10.5. The zero-order chi connectivity index (χ0) is 21.6. The first-order valence-electron chi connectivity index (χ1n) is 9.86. The van der Waals surface area contributed by atoms with Crippen LogP contribution in [0.4, 0.5) is 4.79 Å². The largest absolute Gasteiger partial charge is 0.449 e. The van der Waals surface area contributed by atoms with E-state index in [1.165, 1.54) is 22.3 Å². The van der Waals surface area contributed by atoms with Crippen LogP contribution in [0.25, 0.3) is 11.1 Å². The van der Waals surface area contributed by atoms with Gasteiger partial charge in [-0.3, -0.25) is 10.2 Å². The number of hydrogen-bond donors (Lipinski definition) is 3. The van der Waals surface area contributed by atoms with Crippen molar-refractivity contribution in [1.29, 1.82) is 0 Å². The van der Waals surface area contributed by atoms with E-state index in [2.05, 4.69) is 46.8 Å². The highest BCUT2D eigenvalue weighted by Crippen LogP contribution is 2.44. The number of hydrogen-bond acceptors (Lipinski definition) is 4. The standard InChI is InChI=1S/C25H21N3O3/c26-28-24(29)18-13-11-17(12-14-18)6-5-15-27-25(30)31-16-23-21-9-3-1-7-19(21)20-8-2-4-10-22(20)23/h1-4,7-14,23H,15-16,26H2,(H,27,30)(H,28,29). The van der Waals surface area contributed by atoms with Gasteiger partial charge in [-0.2, -0.15) is 0 Å². The number of ether oxygens (including phenoxy) is 1. The highest BCUT2D eigenvalue weighted by Gasteiger charge is 2.28. The quantitative estimate of drug-likeness (QED) is 0.266. The van der Waals surface area contributed by atoms with Crippen molar-refractivity contribution in [1.82, 2.24) is 10.7 Å². The van der Waals surface area contributed by atoms with E-state index >= 15 is 0 Å². The Morgan fingerprint density at radius 2 is 1.52 bits per heavy atom. The molecule has 0 spiro atoms. The Morgan fingerprint density at radius 3 is 2.13 bits per heavy atom. The number of nitrogen functional groups attached to an aromatic ring is 1. The van der Waals surface area contributed by atoms with Crippen LogP contribution in [0.15, 0.2) is 72.8 Å². The van der Waals surface area contributed by atoms with Gasteiger partial charge in [0.25, 0.3) is 5.91 Å². The highest BCUT2D eigenvalue weighted by atomic mass is 16.5. The Bertz CT molecular complexity index is 1130. The number of nitrogens with two attached hydrogens (primary N) is 1. The lowest BCUT2D eigenvalue weighted by Gasteiger charge is -2.14. The fourth-order valence-electron chi connectivity index (χ4n) is 3.70. The number of carbonyl (C=O) groups is 2. The van der Waals surface area contributed by atoms with Crippen LogP contribution in [-0.4, -0.2) is 25.2 Å². The van der Waals surface area contributed by atoms with Gasteiger partial charge in [0.2, 0.25) is 0 Å². The molecule has 2 amide bonds. The van der Waals surface area contributed by atoms with Gasteiger partial charge in [0.15, 0.2) is 0 Å². The van der Waals surface area contributed by atoms with E-state index in [1.54, 1.807) is 24.3 Å². The molecule has 4 rings (SSSR count). The van der Waals surface area contributed by atoms with Crippen molar-refractivity contribution >= 4 is 12.0 Å². The molecule has 4 N–H and O–H groups in total. The van der Waals surface area contributed by atoms with Crippen LogP contribution >= 0.6 is 0 Å². The summed E-state index contributed by atoms with van der Waals surface area (Å²) < 4.78 is 5.47. The maximum absolute atomic E-state index is 12.1. The molecule has 0 unspecified atom stereocenters. The maximum Gasteiger partial charge on any atom is 0.407 e. The summed E-state index contributed by atoms with van der Waals surface area (Å²) in [4.78, 5) is 23.6. The molecule has 3 aromatic carbocycles. The van der Waals surface area contributed by atoms with E-state index in [1.807, 2.05) is 24.3 Å². The van der Waals surface area contributed by atoms with Gasteiger partial charge in [-0.05, 0) is 46.5 Å². The molecule has 1 aliphatic rings. The molecule has 0 aliphatic heterocycles. The molecular weight excluding hydrogens is 390 g/mol. The molecular formula is C25H21N3O3. The number of benzene rings is 3. The molecule has 0 bridgehead atoms. The normalized spacial score (nSPS) is 11.5. The minimum Gasteiger partial charge on any atom is -0.449 e. The summed E-state index contributed by atoms with van der Waals surface area (Å²) in [6.45, 7) is 0.416. The summed E-state index contributed by atoms with van der Waals surface area (Å²) in [5.41, 5.74) is 7.96. The predicted octanol–water partition coefficient (Wildman–Crippen LogP) is 3.18. The van der Waals surface area contributed by atoms with Crippen molar-refractivity contribution in [2.24, 2.45) is 5.84 Å². The first kappa shape index (κ1) is 20.2. The summed E-state index contributed by atoms with van der Waals surface area (Å²) in [6.07, 6.45) is -0.508. The van der Waals surface area contributed by atoms with Crippen LogP contribution < -0.4 is 16.6 Å². The molecule has 1 aliphatic carbocycles. The topological polar surface area (TPSA) is 93.5 Å². The molecule has 0 radical (unpaired) electrons. The van der Waals surface area contributed by atoms with Gasteiger partial charge in [-0.25, -0.2) is 10.6 Å². The lowest BCUT2D eigenvalue weighted by atomic mass is 9.98. The zero-order valence-corrected chi connectivity index (χ0v) is 16.7. The molecule has 0 atom stereocenters.